The van der Waals surface area contributed by atoms with Crippen LogP contribution in [0.15, 0.2) is 78.9 Å². The number of carboxylic acid groups (broad SMARTS) is 1. The zero-order valence-corrected chi connectivity index (χ0v) is 20.6. The molecule has 0 aromatic heterocycles. The minimum atomic E-state index is -1.14. The summed E-state index contributed by atoms with van der Waals surface area (Å²) >= 11 is 0. The van der Waals surface area contributed by atoms with Crippen molar-refractivity contribution in [3.05, 3.63) is 95.6 Å². The molecule has 8 nitrogen and oxygen atoms in total. The van der Waals surface area contributed by atoms with Crippen molar-refractivity contribution in [2.75, 3.05) is 20.2 Å². The third kappa shape index (κ3) is 6.27. The molecule has 1 aliphatic rings. The molecule has 8 heteroatoms. The molecule has 0 fully saturated rings. The highest BCUT2D eigenvalue weighted by Gasteiger charge is 2.29. The smallest absolute Gasteiger partial charge is 0.410 e. The van der Waals surface area contributed by atoms with Crippen LogP contribution in [0.5, 0.6) is 0 Å². The summed E-state index contributed by atoms with van der Waals surface area (Å²) in [6, 6.07) is 24.3. The lowest BCUT2D eigenvalue weighted by Crippen LogP contribution is -2.43. The Kier molecular flexibility index (Phi) is 8.40. The molecule has 3 aromatic rings. The highest BCUT2D eigenvalue weighted by atomic mass is 16.6. The number of carbonyl (C=O) groups is 3. The third-order valence-electron chi connectivity index (χ3n) is 6.51. The summed E-state index contributed by atoms with van der Waals surface area (Å²) in [5, 5.41) is 12.3. The predicted molar refractivity (Wildman–Crippen MR) is 138 cm³/mol. The number of likely N-dealkylation sites (N-methyl/N-ethyl adjacent to an activating group) is 1. The summed E-state index contributed by atoms with van der Waals surface area (Å²) in [4.78, 5) is 37.5. The Labute approximate surface area is 215 Å². The first-order valence-electron chi connectivity index (χ1n) is 12.2. The Balaban J connectivity index is 1.22. The van der Waals surface area contributed by atoms with Crippen molar-refractivity contribution in [1.29, 1.82) is 0 Å². The normalized spacial score (nSPS) is 12.7. The Morgan fingerprint density at radius 2 is 1.49 bits per heavy atom. The van der Waals surface area contributed by atoms with E-state index in [4.69, 9.17) is 9.47 Å². The lowest BCUT2D eigenvalue weighted by Gasteiger charge is -2.24. The van der Waals surface area contributed by atoms with E-state index in [9.17, 15) is 19.5 Å². The van der Waals surface area contributed by atoms with Gasteiger partial charge in [-0.15, -0.1) is 0 Å². The number of alkyl carbamates (subject to hydrolysis) is 1. The fourth-order valence-electron chi connectivity index (χ4n) is 4.57. The van der Waals surface area contributed by atoms with Gasteiger partial charge in [0.25, 0.3) is 0 Å². The van der Waals surface area contributed by atoms with Gasteiger partial charge >= 0.3 is 18.2 Å². The van der Waals surface area contributed by atoms with Gasteiger partial charge in [0, 0.05) is 19.5 Å². The number of hydrogen-bond donors (Lipinski definition) is 2. The zero-order valence-electron chi connectivity index (χ0n) is 20.6. The van der Waals surface area contributed by atoms with Crippen molar-refractivity contribution in [2.45, 2.75) is 31.4 Å². The molecule has 0 saturated heterocycles. The zero-order chi connectivity index (χ0) is 26.2. The quantitative estimate of drug-likeness (QED) is 0.377. The largest absolute Gasteiger partial charge is 0.480 e. The lowest BCUT2D eigenvalue weighted by molar-refractivity contribution is -0.142. The van der Waals surface area contributed by atoms with Crippen molar-refractivity contribution < 1.29 is 29.0 Å². The van der Waals surface area contributed by atoms with Crippen molar-refractivity contribution in [1.82, 2.24) is 10.2 Å². The number of nitrogens with one attached hydrogen (secondary N) is 1. The molecular weight excluding hydrogens is 472 g/mol. The van der Waals surface area contributed by atoms with Gasteiger partial charge in [-0.05, 0) is 40.7 Å². The van der Waals surface area contributed by atoms with Gasteiger partial charge in [-0.2, -0.15) is 0 Å². The number of amides is 2. The van der Waals surface area contributed by atoms with Gasteiger partial charge in [-0.3, -0.25) is 4.90 Å². The second-order valence-corrected chi connectivity index (χ2v) is 8.90. The molecule has 0 bridgehead atoms. The highest BCUT2D eigenvalue weighted by Crippen LogP contribution is 2.44. The van der Waals surface area contributed by atoms with Gasteiger partial charge in [0.2, 0.25) is 0 Å². The topological polar surface area (TPSA) is 105 Å². The molecule has 37 heavy (non-hydrogen) atoms. The number of nitrogens with zero attached hydrogens (tertiary/aromatic N) is 1. The molecule has 0 unspecified atom stereocenters. The molecule has 0 aliphatic heterocycles. The standard InChI is InChI=1S/C29H30N2O6/c1-31(29(35)37-18-20-10-3-2-4-11-20)26(27(32)33)16-9-17-30-28(34)36-19-25-23-14-7-5-12-21(23)22-13-6-8-15-24(22)25/h2-8,10-15,25-26H,9,16-19H2,1H3,(H,30,34)(H,32,33)/t26-/m0/s1. The van der Waals surface area contributed by atoms with Crippen LogP contribution in [0.1, 0.15) is 35.4 Å². The summed E-state index contributed by atoms with van der Waals surface area (Å²) in [5.74, 6) is -1.18. The minimum absolute atomic E-state index is 0.0370. The summed E-state index contributed by atoms with van der Waals surface area (Å²) in [6.07, 6.45) is -0.793. The summed E-state index contributed by atoms with van der Waals surface area (Å²) in [7, 11) is 1.39. The number of ether oxygens (including phenoxy) is 2. The molecule has 0 radical (unpaired) electrons. The monoisotopic (exact) mass is 502 g/mol. The van der Waals surface area contributed by atoms with E-state index in [1.54, 1.807) is 0 Å². The van der Waals surface area contributed by atoms with E-state index in [-0.39, 0.29) is 32.1 Å². The molecule has 2 N–H and O–H groups in total. The molecule has 0 saturated carbocycles. The summed E-state index contributed by atoms with van der Waals surface area (Å²) in [5.41, 5.74) is 5.37. The average Bonchev–Trinajstić information content (AvgIpc) is 3.24. The average molecular weight is 503 g/mol. The molecule has 2 amide bonds. The van der Waals surface area contributed by atoms with Gasteiger partial charge in [0.05, 0.1) is 0 Å². The number of benzene rings is 3. The molecule has 1 aliphatic carbocycles. The maximum absolute atomic E-state index is 12.3. The second-order valence-electron chi connectivity index (χ2n) is 8.90. The van der Waals surface area contributed by atoms with Gasteiger partial charge in [-0.25, -0.2) is 14.4 Å². The van der Waals surface area contributed by atoms with Crippen molar-refractivity contribution in [2.24, 2.45) is 0 Å². The SMILES string of the molecule is CN(C(=O)OCc1ccccc1)[C@@H](CCCNC(=O)OCC1c2ccccc2-c2ccccc21)C(=O)O. The molecule has 1 atom stereocenters. The number of rotatable bonds is 10. The van der Waals surface area contributed by atoms with Crippen LogP contribution in [0.25, 0.3) is 11.1 Å². The van der Waals surface area contributed by atoms with E-state index < -0.39 is 24.2 Å². The minimum Gasteiger partial charge on any atom is -0.480 e. The van der Waals surface area contributed by atoms with E-state index in [1.807, 2.05) is 54.6 Å². The van der Waals surface area contributed by atoms with Crippen LogP contribution in [0, 0.1) is 0 Å². The number of hydrogen-bond acceptors (Lipinski definition) is 5. The lowest BCUT2D eigenvalue weighted by atomic mass is 9.98. The fourth-order valence-corrected chi connectivity index (χ4v) is 4.57. The highest BCUT2D eigenvalue weighted by molar-refractivity contribution is 5.80. The molecule has 0 spiro atoms. The van der Waals surface area contributed by atoms with E-state index in [1.165, 1.54) is 7.05 Å². The Morgan fingerprint density at radius 1 is 0.892 bits per heavy atom. The summed E-state index contributed by atoms with van der Waals surface area (Å²) < 4.78 is 10.7. The first kappa shape index (κ1) is 25.8. The second kappa shape index (κ2) is 12.1. The maximum Gasteiger partial charge on any atom is 0.410 e. The molecule has 3 aromatic carbocycles. The Hall–Kier alpha value is -4.33. The van der Waals surface area contributed by atoms with Crippen molar-refractivity contribution in [3.8, 4) is 11.1 Å². The maximum atomic E-state index is 12.3. The summed E-state index contributed by atoms with van der Waals surface area (Å²) in [6.45, 7) is 0.473. The number of carbonyl (C=O) groups excluding carboxylic acids is 2. The first-order chi connectivity index (χ1) is 18.0. The van der Waals surface area contributed by atoms with Crippen LogP contribution >= 0.6 is 0 Å². The van der Waals surface area contributed by atoms with Crippen LogP contribution < -0.4 is 5.32 Å². The van der Waals surface area contributed by atoms with E-state index >= 15 is 0 Å². The van der Waals surface area contributed by atoms with Crippen LogP contribution in [0.2, 0.25) is 0 Å². The van der Waals surface area contributed by atoms with Gasteiger partial charge in [0.1, 0.15) is 19.3 Å². The molecule has 192 valence electrons. The van der Waals surface area contributed by atoms with Gasteiger partial charge in [0.15, 0.2) is 0 Å². The Morgan fingerprint density at radius 3 is 2.11 bits per heavy atom. The molecule has 0 heterocycles. The molecular formula is C29H30N2O6. The number of aliphatic carboxylic acids is 1. The number of fused-ring (bicyclic) bond motifs is 3. The third-order valence-corrected chi connectivity index (χ3v) is 6.51. The number of carboxylic acids is 1. The predicted octanol–water partition coefficient (Wildman–Crippen LogP) is 5.03. The fraction of sp³-hybridized carbons (Fsp3) is 0.276. The Bertz CT molecular complexity index is 1200. The van der Waals surface area contributed by atoms with Crippen LogP contribution in [-0.2, 0) is 20.9 Å². The van der Waals surface area contributed by atoms with Crippen LogP contribution in [0.4, 0.5) is 9.59 Å². The first-order valence-corrected chi connectivity index (χ1v) is 12.2. The van der Waals surface area contributed by atoms with E-state index in [2.05, 4.69) is 29.6 Å². The van der Waals surface area contributed by atoms with Crippen LogP contribution in [-0.4, -0.2) is 54.4 Å². The molecule has 4 rings (SSSR count). The van der Waals surface area contributed by atoms with Gasteiger partial charge < -0.3 is 19.9 Å². The van der Waals surface area contributed by atoms with Gasteiger partial charge in [-0.1, -0.05) is 78.9 Å². The van der Waals surface area contributed by atoms with Crippen molar-refractivity contribution in [3.63, 3.8) is 0 Å². The van der Waals surface area contributed by atoms with Crippen molar-refractivity contribution >= 4 is 18.2 Å². The van der Waals surface area contributed by atoms with E-state index in [0.29, 0.717) is 6.42 Å². The van der Waals surface area contributed by atoms with Crippen LogP contribution in [0.3, 0.4) is 0 Å². The van der Waals surface area contributed by atoms with E-state index in [0.717, 1.165) is 32.7 Å².